The van der Waals surface area contributed by atoms with Crippen LogP contribution in [0.4, 0.5) is 0 Å². The monoisotopic (exact) mass is 430 g/mol. The summed E-state index contributed by atoms with van der Waals surface area (Å²) in [6.45, 7) is 3.23. The van der Waals surface area contributed by atoms with Crippen LogP contribution in [0.25, 0.3) is 22.0 Å². The van der Waals surface area contributed by atoms with Crippen LogP contribution < -0.4 is 11.0 Å². The van der Waals surface area contributed by atoms with Crippen molar-refractivity contribution in [2.75, 3.05) is 6.26 Å². The number of hydrogen-bond donors (Lipinski definition) is 1. The zero-order valence-electron chi connectivity index (χ0n) is 17.0. The van der Waals surface area contributed by atoms with Gasteiger partial charge in [0.1, 0.15) is 0 Å². The smallest absolute Gasteiger partial charge is 0.304 e. The summed E-state index contributed by atoms with van der Waals surface area (Å²) >= 11 is 0. The average Bonchev–Trinajstić information content (AvgIpc) is 2.72. The molecule has 3 aromatic rings. The summed E-state index contributed by atoms with van der Waals surface area (Å²) in [5, 5.41) is 7.44. The number of hydroxylamine groups is 1. The number of aromatic nitrogens is 2. The highest BCUT2D eigenvalue weighted by atomic mass is 32.2. The fourth-order valence-electron chi connectivity index (χ4n) is 3.18. The quantitative estimate of drug-likeness (QED) is 0.467. The van der Waals surface area contributed by atoms with Crippen LogP contribution in [0.15, 0.2) is 53.6 Å². The molecule has 0 aliphatic heterocycles. The molecule has 0 fully saturated rings. The number of carbonyl (C=O) groups excluding carboxylic acids is 1. The van der Waals surface area contributed by atoms with Gasteiger partial charge in [-0.25, -0.2) is 13.4 Å². The van der Waals surface area contributed by atoms with E-state index in [1.807, 2.05) is 43.3 Å². The fraction of sp³-hybridized carbons (Fsp3) is 0.286. The van der Waals surface area contributed by atoms with Crippen LogP contribution in [0.5, 0.6) is 0 Å². The first-order valence-electron chi connectivity index (χ1n) is 9.30. The van der Waals surface area contributed by atoms with Gasteiger partial charge in [-0.1, -0.05) is 35.9 Å². The van der Waals surface area contributed by atoms with Crippen molar-refractivity contribution in [2.45, 2.75) is 31.6 Å². The van der Waals surface area contributed by atoms with Crippen LogP contribution in [-0.2, 0) is 21.2 Å². The normalized spacial score (nSPS) is 13.7. The number of sulfone groups is 1. The van der Waals surface area contributed by atoms with E-state index >= 15 is 0 Å². The van der Waals surface area contributed by atoms with Crippen LogP contribution in [0, 0.1) is 6.92 Å². The summed E-state index contributed by atoms with van der Waals surface area (Å²) in [4.78, 5) is 29.2. The van der Waals surface area contributed by atoms with E-state index in [1.165, 1.54) is 17.8 Å². The Morgan fingerprint density at radius 1 is 1.17 bits per heavy atom. The van der Waals surface area contributed by atoms with Crippen LogP contribution in [0.2, 0.25) is 0 Å². The van der Waals surface area contributed by atoms with E-state index < -0.39 is 20.5 Å². The highest BCUT2D eigenvalue weighted by molar-refractivity contribution is 7.92. The van der Waals surface area contributed by atoms with Gasteiger partial charge < -0.3 is 5.21 Å². The Hall–Kier alpha value is -3.04. The minimum atomic E-state index is -3.81. The Labute approximate surface area is 174 Å². The molecule has 0 aliphatic rings. The van der Waals surface area contributed by atoms with Crippen LogP contribution >= 0.6 is 0 Å². The fourth-order valence-corrected chi connectivity index (χ4v) is 4.03. The van der Waals surface area contributed by atoms with E-state index in [9.17, 15) is 18.0 Å². The van der Waals surface area contributed by atoms with Crippen LogP contribution in [0.1, 0.15) is 18.9 Å². The van der Waals surface area contributed by atoms with E-state index in [-0.39, 0.29) is 18.5 Å². The largest absolute Gasteiger partial charge is 0.310 e. The lowest BCUT2D eigenvalue weighted by Gasteiger charge is -2.24. The molecule has 3 rings (SSSR count). The van der Waals surface area contributed by atoms with Gasteiger partial charge in [0.2, 0.25) is 0 Å². The molecule has 30 heavy (non-hydrogen) atoms. The molecule has 0 aliphatic carbocycles. The minimum Gasteiger partial charge on any atom is -0.310 e. The molecule has 0 spiro atoms. The predicted octanol–water partition coefficient (Wildman–Crippen LogP) is 1.32. The number of nitrogens with one attached hydrogen (secondary N) is 1. The summed E-state index contributed by atoms with van der Waals surface area (Å²) in [5.41, 5.74) is 4.96. The molecule has 9 heteroatoms. The molecule has 8 nitrogen and oxygen atoms in total. The van der Waals surface area contributed by atoms with Crippen molar-refractivity contribution in [1.29, 1.82) is 0 Å². The second kappa shape index (κ2) is 8.00. The molecule has 1 aromatic heterocycles. The van der Waals surface area contributed by atoms with Crippen molar-refractivity contribution in [3.05, 3.63) is 64.7 Å². The van der Waals surface area contributed by atoms with Gasteiger partial charge in [-0.15, -0.1) is 5.48 Å². The van der Waals surface area contributed by atoms with E-state index in [2.05, 4.69) is 4.98 Å². The highest BCUT2D eigenvalue weighted by Crippen LogP contribution is 2.24. The zero-order chi connectivity index (χ0) is 22.1. The van der Waals surface area contributed by atoms with Crippen molar-refractivity contribution in [2.24, 2.45) is 0 Å². The molecule has 1 amide bonds. The second-order valence-corrected chi connectivity index (χ2v) is 9.99. The molecule has 0 saturated heterocycles. The molecular formula is C21H24N3O5S+. The lowest BCUT2D eigenvalue weighted by atomic mass is 10.0. The van der Waals surface area contributed by atoms with Gasteiger partial charge >= 0.3 is 5.91 Å². The molecule has 0 radical (unpaired) electrons. The number of nitrogens with zero attached hydrogens (tertiary/aromatic N) is 2. The van der Waals surface area contributed by atoms with E-state index in [0.29, 0.717) is 10.9 Å². The number of aryl methyl sites for hydroxylation is 2. The Balaban J connectivity index is 1.94. The van der Waals surface area contributed by atoms with Gasteiger partial charge in [0, 0.05) is 12.8 Å². The van der Waals surface area contributed by atoms with E-state index in [4.69, 9.17) is 5.21 Å². The van der Waals surface area contributed by atoms with E-state index in [1.54, 1.807) is 11.5 Å². The van der Waals surface area contributed by atoms with Gasteiger partial charge in [0.25, 0.3) is 5.56 Å². The number of benzene rings is 2. The molecule has 1 atom stereocenters. The second-order valence-electron chi connectivity index (χ2n) is 7.55. The number of hydrogen-bond acceptors (Lipinski definition) is 5. The van der Waals surface area contributed by atoms with Crippen molar-refractivity contribution in [3.63, 3.8) is 0 Å². The molecule has 2 aromatic carbocycles. The summed E-state index contributed by atoms with van der Waals surface area (Å²) in [6.07, 6.45) is 2.13. The van der Waals surface area contributed by atoms with Gasteiger partial charge in [0.15, 0.2) is 14.6 Å². The first-order valence-corrected chi connectivity index (χ1v) is 11.2. The van der Waals surface area contributed by atoms with E-state index in [0.717, 1.165) is 22.9 Å². The first kappa shape index (κ1) is 21.7. The third kappa shape index (κ3) is 3.99. The maximum atomic E-state index is 12.9. The van der Waals surface area contributed by atoms with Gasteiger partial charge in [-0.05, 0) is 43.5 Å². The van der Waals surface area contributed by atoms with Crippen molar-refractivity contribution >= 4 is 26.6 Å². The Morgan fingerprint density at radius 3 is 2.40 bits per heavy atom. The Bertz CT molecular complexity index is 1270. The number of fused-ring (bicyclic) bond motifs is 1. The third-order valence-electron chi connectivity index (χ3n) is 5.45. The Kier molecular flexibility index (Phi) is 5.78. The molecule has 0 unspecified atom stereocenters. The van der Waals surface area contributed by atoms with Crippen molar-refractivity contribution in [3.8, 4) is 11.1 Å². The summed E-state index contributed by atoms with van der Waals surface area (Å²) < 4.78 is 23.7. The van der Waals surface area contributed by atoms with Gasteiger partial charge in [0.05, 0.1) is 17.2 Å². The minimum absolute atomic E-state index is 0.0293. The summed E-state index contributed by atoms with van der Waals surface area (Å²) in [6, 6.07) is 13.4. The summed E-state index contributed by atoms with van der Waals surface area (Å²) in [7, 11) is -3.81. The molecule has 0 saturated carbocycles. The first-order chi connectivity index (χ1) is 14.1. The Morgan fingerprint density at radius 2 is 1.80 bits per heavy atom. The van der Waals surface area contributed by atoms with Gasteiger partial charge in [-0.3, -0.25) is 14.2 Å². The SMILES string of the molecule is Cc1ccc(-c2ccc3c(=O)n(CC[C@](C)(C(=O)N[OH2+])S(C)(=O)=O)cnc3c2)cc1. The molecule has 3 N–H and O–H groups in total. The lowest BCUT2D eigenvalue weighted by Crippen LogP contribution is -2.50. The topological polar surface area (TPSA) is 121 Å². The molecular weight excluding hydrogens is 406 g/mol. The highest BCUT2D eigenvalue weighted by Gasteiger charge is 2.44. The molecule has 158 valence electrons. The maximum absolute atomic E-state index is 12.9. The number of rotatable bonds is 6. The standard InChI is InChI=1S/C21H23N3O5S/c1-14-4-6-15(7-5-14)16-8-9-17-18(12-16)22-13-24(19(17)25)11-10-21(2,20(26)23-27)30(3,28)29/h4-9,12-13,27H,10-11H2,1-3H3,(H,23,26)/p+1/t21-/m1/s1. The average molecular weight is 431 g/mol. The lowest BCUT2D eigenvalue weighted by molar-refractivity contribution is -0.131. The predicted molar refractivity (Wildman–Crippen MR) is 116 cm³/mol. The van der Waals surface area contributed by atoms with Crippen LogP contribution in [-0.4, -0.2) is 40.1 Å². The molecule has 0 bridgehead atoms. The molecule has 1 heterocycles. The zero-order valence-corrected chi connectivity index (χ0v) is 17.8. The van der Waals surface area contributed by atoms with Crippen molar-refractivity contribution < 1.29 is 18.4 Å². The summed E-state index contributed by atoms with van der Waals surface area (Å²) in [5.74, 6) is -0.936. The van der Waals surface area contributed by atoms with Crippen molar-refractivity contribution in [1.82, 2.24) is 15.0 Å². The number of carbonyl (C=O) groups is 1. The number of amides is 1. The third-order valence-corrected chi connectivity index (χ3v) is 7.48. The van der Waals surface area contributed by atoms with Gasteiger partial charge in [-0.2, -0.15) is 0 Å². The maximum Gasteiger partial charge on any atom is 0.304 e. The van der Waals surface area contributed by atoms with Crippen LogP contribution in [0.3, 0.4) is 0 Å².